The van der Waals surface area contributed by atoms with Gasteiger partial charge in [-0.3, -0.25) is 0 Å². The number of aromatic nitrogens is 1. The number of alkyl halides is 6. The van der Waals surface area contributed by atoms with Gasteiger partial charge in [0, 0.05) is 23.2 Å². The van der Waals surface area contributed by atoms with Crippen molar-refractivity contribution in [2.45, 2.75) is 31.7 Å². The number of aryl methyl sites for hydroxylation is 1. The molecule has 0 saturated carbocycles. The highest BCUT2D eigenvalue weighted by molar-refractivity contribution is 5.61. The molecule has 10 heteroatoms. The third kappa shape index (κ3) is 3.69. The van der Waals surface area contributed by atoms with Crippen LogP contribution in [0, 0.1) is 0 Å². The number of hydrogen-bond acceptors (Lipinski definition) is 4. The van der Waals surface area contributed by atoms with Crippen LogP contribution in [0.1, 0.15) is 35.2 Å². The van der Waals surface area contributed by atoms with Crippen LogP contribution < -0.4 is 0 Å². The monoisotopic (exact) mass is 329 g/mol. The number of aliphatic hydroxyl groups excluding tert-OH is 1. The molecule has 2 rings (SSSR count). The molecule has 0 radical (unpaired) electrons. The summed E-state index contributed by atoms with van der Waals surface area (Å²) in [6.45, 7) is 0. The molecule has 4 nitrogen and oxygen atoms in total. The molecule has 1 aromatic rings. The van der Waals surface area contributed by atoms with E-state index in [9.17, 15) is 26.3 Å². The second-order valence-electron chi connectivity index (χ2n) is 4.49. The topological polar surface area (TPSA) is 62.6 Å². The van der Waals surface area contributed by atoms with Crippen LogP contribution in [0.5, 0.6) is 0 Å². The Morgan fingerprint density at radius 1 is 1.09 bits per heavy atom. The molecule has 2 N–H and O–H groups in total. The standard InChI is InChI=1S/C12H9F6NO3/c13-11(14,15)9-4-7(10(20)21)6-3-5(22-12(16,17)18)1-2-8(6)19-9/h3-4,10,20-21H,1-2H2. The Bertz CT molecular complexity index is 606. The minimum atomic E-state index is -4.94. The second-order valence-corrected chi connectivity index (χ2v) is 4.49. The lowest BCUT2D eigenvalue weighted by molar-refractivity contribution is -0.305. The summed E-state index contributed by atoms with van der Waals surface area (Å²) in [5, 5.41) is 18.3. The highest BCUT2D eigenvalue weighted by Crippen LogP contribution is 2.36. The van der Waals surface area contributed by atoms with E-state index in [-0.39, 0.29) is 24.1 Å². The first kappa shape index (κ1) is 16.6. The van der Waals surface area contributed by atoms with Gasteiger partial charge in [-0.25, -0.2) is 4.98 Å². The highest BCUT2D eigenvalue weighted by Gasteiger charge is 2.36. The first-order valence-corrected chi connectivity index (χ1v) is 5.91. The van der Waals surface area contributed by atoms with Crippen LogP contribution in [-0.2, 0) is 17.3 Å². The number of hydrogen-bond donors (Lipinski definition) is 2. The van der Waals surface area contributed by atoms with Crippen molar-refractivity contribution in [2.75, 3.05) is 0 Å². The average Bonchev–Trinajstić information content (AvgIpc) is 2.34. The molecule has 0 atom stereocenters. The molecular weight excluding hydrogens is 320 g/mol. The van der Waals surface area contributed by atoms with Gasteiger partial charge in [0.05, 0.1) is 0 Å². The van der Waals surface area contributed by atoms with Gasteiger partial charge < -0.3 is 14.9 Å². The fourth-order valence-corrected chi connectivity index (χ4v) is 2.05. The SMILES string of the molecule is OC(O)c1cc(C(F)(F)F)nc2c1C=C(OC(F)(F)F)CC2. The van der Waals surface area contributed by atoms with Crippen molar-refractivity contribution in [3.05, 3.63) is 34.3 Å². The number of fused-ring (bicyclic) bond motifs is 1. The summed E-state index contributed by atoms with van der Waals surface area (Å²) in [6.07, 6.45) is -11.8. The smallest absolute Gasteiger partial charge is 0.410 e. The Labute approximate surface area is 119 Å². The van der Waals surface area contributed by atoms with E-state index in [0.717, 1.165) is 6.08 Å². The lowest BCUT2D eigenvalue weighted by Crippen LogP contribution is -2.18. The molecule has 0 aromatic carbocycles. The number of pyridine rings is 1. The van der Waals surface area contributed by atoms with Crippen LogP contribution in [0.15, 0.2) is 11.8 Å². The third-order valence-corrected chi connectivity index (χ3v) is 2.90. The van der Waals surface area contributed by atoms with Gasteiger partial charge in [-0.15, -0.1) is 13.2 Å². The molecule has 1 aliphatic carbocycles. The zero-order valence-corrected chi connectivity index (χ0v) is 10.7. The van der Waals surface area contributed by atoms with Crippen molar-refractivity contribution in [3.63, 3.8) is 0 Å². The van der Waals surface area contributed by atoms with Gasteiger partial charge in [-0.05, 0) is 18.6 Å². The summed E-state index contributed by atoms with van der Waals surface area (Å²) in [7, 11) is 0. The maximum Gasteiger partial charge on any atom is 0.572 e. The van der Waals surface area contributed by atoms with Crippen molar-refractivity contribution in [3.8, 4) is 0 Å². The second kappa shape index (κ2) is 5.43. The Morgan fingerprint density at radius 2 is 1.73 bits per heavy atom. The summed E-state index contributed by atoms with van der Waals surface area (Å²) >= 11 is 0. The summed E-state index contributed by atoms with van der Waals surface area (Å²) in [6, 6.07) is 0.385. The van der Waals surface area contributed by atoms with Crippen molar-refractivity contribution in [1.29, 1.82) is 0 Å². The summed E-state index contributed by atoms with van der Waals surface area (Å²) in [5.74, 6) is -0.538. The third-order valence-electron chi connectivity index (χ3n) is 2.90. The Morgan fingerprint density at radius 3 is 2.23 bits per heavy atom. The van der Waals surface area contributed by atoms with Gasteiger partial charge in [0.1, 0.15) is 11.5 Å². The number of nitrogens with zero attached hydrogens (tertiary/aromatic N) is 1. The molecule has 0 bridgehead atoms. The molecule has 0 fully saturated rings. The molecular formula is C12H9F6NO3. The Hall–Kier alpha value is -1.81. The van der Waals surface area contributed by atoms with E-state index in [1.54, 1.807) is 0 Å². The van der Waals surface area contributed by atoms with E-state index >= 15 is 0 Å². The first-order valence-electron chi connectivity index (χ1n) is 5.91. The first-order chi connectivity index (χ1) is 9.97. The molecule has 0 spiro atoms. The molecule has 0 amide bonds. The van der Waals surface area contributed by atoms with E-state index in [0.29, 0.717) is 6.07 Å². The molecule has 122 valence electrons. The number of ether oxygens (including phenoxy) is 1. The normalized spacial score (nSPS) is 15.6. The van der Waals surface area contributed by atoms with Crippen molar-refractivity contribution in [2.24, 2.45) is 0 Å². The minimum Gasteiger partial charge on any atom is -0.410 e. The van der Waals surface area contributed by atoms with Crippen LogP contribution in [0.2, 0.25) is 0 Å². The predicted octanol–water partition coefficient (Wildman–Crippen LogP) is 2.91. The minimum absolute atomic E-state index is 0.174. The van der Waals surface area contributed by atoms with Crippen LogP contribution in [-0.4, -0.2) is 21.6 Å². The fraction of sp³-hybridized carbons (Fsp3) is 0.417. The summed E-state index contributed by atoms with van der Waals surface area (Å²) in [5.41, 5.74) is -2.32. The summed E-state index contributed by atoms with van der Waals surface area (Å²) < 4.78 is 78.3. The molecule has 0 unspecified atom stereocenters. The molecule has 1 heterocycles. The molecule has 0 saturated heterocycles. The largest absolute Gasteiger partial charge is 0.572 e. The van der Waals surface area contributed by atoms with E-state index in [2.05, 4.69) is 9.72 Å². The van der Waals surface area contributed by atoms with Crippen LogP contribution in [0.25, 0.3) is 6.08 Å². The fourth-order valence-electron chi connectivity index (χ4n) is 2.05. The number of allylic oxidation sites excluding steroid dienone is 1. The lowest BCUT2D eigenvalue weighted by Gasteiger charge is -2.22. The van der Waals surface area contributed by atoms with Gasteiger partial charge >= 0.3 is 12.5 Å². The van der Waals surface area contributed by atoms with Crippen LogP contribution >= 0.6 is 0 Å². The van der Waals surface area contributed by atoms with E-state index < -0.39 is 35.8 Å². The summed E-state index contributed by atoms with van der Waals surface area (Å²) in [4.78, 5) is 3.33. The van der Waals surface area contributed by atoms with Crippen molar-refractivity contribution >= 4 is 6.08 Å². The Kier molecular flexibility index (Phi) is 4.09. The zero-order chi connectivity index (χ0) is 16.7. The zero-order valence-electron chi connectivity index (χ0n) is 10.7. The van der Waals surface area contributed by atoms with Gasteiger partial charge in [0.15, 0.2) is 6.29 Å². The Balaban J connectivity index is 2.51. The van der Waals surface area contributed by atoms with Crippen molar-refractivity contribution < 1.29 is 41.3 Å². The van der Waals surface area contributed by atoms with E-state index in [4.69, 9.17) is 10.2 Å². The number of aliphatic hydroxyl groups is 2. The van der Waals surface area contributed by atoms with E-state index in [1.807, 2.05) is 0 Å². The van der Waals surface area contributed by atoms with Crippen LogP contribution in [0.3, 0.4) is 0 Å². The lowest BCUT2D eigenvalue weighted by atomic mass is 9.95. The molecule has 1 aromatic heterocycles. The predicted molar refractivity (Wildman–Crippen MR) is 59.9 cm³/mol. The maximum atomic E-state index is 12.7. The van der Waals surface area contributed by atoms with Crippen LogP contribution in [0.4, 0.5) is 26.3 Å². The number of rotatable bonds is 2. The van der Waals surface area contributed by atoms with Gasteiger partial charge in [-0.2, -0.15) is 13.2 Å². The molecule has 0 aliphatic heterocycles. The van der Waals surface area contributed by atoms with E-state index in [1.165, 1.54) is 0 Å². The average molecular weight is 329 g/mol. The van der Waals surface area contributed by atoms with Gasteiger partial charge in [0.2, 0.25) is 0 Å². The quantitative estimate of drug-likeness (QED) is 0.647. The molecule has 1 aliphatic rings. The van der Waals surface area contributed by atoms with Gasteiger partial charge in [-0.1, -0.05) is 0 Å². The van der Waals surface area contributed by atoms with Crippen molar-refractivity contribution in [1.82, 2.24) is 4.98 Å². The maximum absolute atomic E-state index is 12.7. The van der Waals surface area contributed by atoms with Gasteiger partial charge in [0.25, 0.3) is 0 Å². The highest BCUT2D eigenvalue weighted by atomic mass is 19.4. The molecule has 22 heavy (non-hydrogen) atoms. The number of halogens is 6.